The van der Waals surface area contributed by atoms with Crippen LogP contribution in [-0.4, -0.2) is 41.5 Å². The molecule has 0 atom stereocenters. The largest absolute Gasteiger partial charge is 0.481 e. The van der Waals surface area contributed by atoms with Crippen molar-refractivity contribution in [3.63, 3.8) is 0 Å². The van der Waals surface area contributed by atoms with Crippen LogP contribution in [0.2, 0.25) is 0 Å². The second-order valence-electron chi connectivity index (χ2n) is 4.07. The average molecular weight is 376 g/mol. The Morgan fingerprint density at radius 3 is 2.74 bits per heavy atom. The molecular formula is C13H17IN2O3. The Labute approximate surface area is 126 Å². The maximum absolute atomic E-state index is 11.8. The highest BCUT2D eigenvalue weighted by atomic mass is 127. The highest BCUT2D eigenvalue weighted by Crippen LogP contribution is 2.12. The smallest absolute Gasteiger partial charge is 0.304 e. The molecule has 0 aliphatic heterocycles. The summed E-state index contributed by atoms with van der Waals surface area (Å²) < 4.78 is 1.05. The molecule has 2 N–H and O–H groups in total. The zero-order chi connectivity index (χ0) is 14.3. The number of nitrogens with one attached hydrogen (secondary N) is 1. The van der Waals surface area contributed by atoms with E-state index in [2.05, 4.69) is 27.9 Å². The third kappa shape index (κ3) is 6.53. The Morgan fingerprint density at radius 2 is 2.16 bits per heavy atom. The van der Waals surface area contributed by atoms with E-state index in [-0.39, 0.29) is 18.9 Å². The van der Waals surface area contributed by atoms with Gasteiger partial charge in [0, 0.05) is 15.8 Å². The van der Waals surface area contributed by atoms with Gasteiger partial charge in [-0.2, -0.15) is 0 Å². The van der Waals surface area contributed by atoms with Gasteiger partial charge in [-0.3, -0.25) is 14.5 Å². The second kappa shape index (κ2) is 8.11. The van der Waals surface area contributed by atoms with Crippen molar-refractivity contribution >= 4 is 40.2 Å². The lowest BCUT2D eigenvalue weighted by Crippen LogP contribution is -2.34. The Morgan fingerprint density at radius 1 is 1.42 bits per heavy atom. The number of amides is 1. The molecule has 0 saturated heterocycles. The van der Waals surface area contributed by atoms with Crippen molar-refractivity contribution in [1.29, 1.82) is 0 Å². The Kier molecular flexibility index (Phi) is 6.79. The number of anilines is 1. The van der Waals surface area contributed by atoms with Crippen LogP contribution in [0.5, 0.6) is 0 Å². The molecule has 1 rings (SSSR count). The van der Waals surface area contributed by atoms with E-state index in [1.807, 2.05) is 31.2 Å². The molecule has 1 amide bonds. The predicted octanol–water partition coefficient (Wildman–Crippen LogP) is 2.03. The van der Waals surface area contributed by atoms with Crippen molar-refractivity contribution in [2.24, 2.45) is 0 Å². The Hall–Kier alpha value is -1.15. The standard InChI is InChI=1S/C13H17IN2O3/c1-2-16(7-6-13(18)19)9-12(17)15-11-5-3-4-10(14)8-11/h3-5,8H,2,6-7,9H2,1H3,(H,15,17)(H,18,19). The quantitative estimate of drug-likeness (QED) is 0.715. The molecular weight excluding hydrogens is 359 g/mol. The molecule has 104 valence electrons. The van der Waals surface area contributed by atoms with Gasteiger partial charge >= 0.3 is 5.97 Å². The van der Waals surface area contributed by atoms with Gasteiger partial charge in [-0.15, -0.1) is 0 Å². The average Bonchev–Trinajstić information content (AvgIpc) is 2.34. The van der Waals surface area contributed by atoms with Crippen molar-refractivity contribution < 1.29 is 14.7 Å². The van der Waals surface area contributed by atoms with Crippen LogP contribution in [0.4, 0.5) is 5.69 Å². The summed E-state index contributed by atoms with van der Waals surface area (Å²) in [5.41, 5.74) is 0.756. The minimum absolute atomic E-state index is 0.0460. The minimum atomic E-state index is -0.850. The zero-order valence-corrected chi connectivity index (χ0v) is 12.9. The van der Waals surface area contributed by atoms with Gasteiger partial charge in [-0.05, 0) is 47.3 Å². The lowest BCUT2D eigenvalue weighted by atomic mass is 10.3. The van der Waals surface area contributed by atoms with Crippen LogP contribution in [0.3, 0.4) is 0 Å². The van der Waals surface area contributed by atoms with Gasteiger partial charge in [0.2, 0.25) is 5.91 Å². The van der Waals surface area contributed by atoms with E-state index in [1.54, 1.807) is 4.90 Å². The predicted molar refractivity (Wildman–Crippen MR) is 82.2 cm³/mol. The topological polar surface area (TPSA) is 69.6 Å². The van der Waals surface area contributed by atoms with Crippen LogP contribution >= 0.6 is 22.6 Å². The van der Waals surface area contributed by atoms with Crippen molar-refractivity contribution in [2.75, 3.05) is 25.0 Å². The fraction of sp³-hybridized carbons (Fsp3) is 0.385. The van der Waals surface area contributed by atoms with Gasteiger partial charge in [0.15, 0.2) is 0 Å². The molecule has 0 aliphatic rings. The molecule has 1 aromatic carbocycles. The number of benzene rings is 1. The molecule has 0 bridgehead atoms. The number of carbonyl (C=O) groups is 2. The fourth-order valence-electron chi connectivity index (χ4n) is 1.57. The number of hydrogen-bond donors (Lipinski definition) is 2. The SMILES string of the molecule is CCN(CCC(=O)O)CC(=O)Nc1cccc(I)c1. The highest BCUT2D eigenvalue weighted by Gasteiger charge is 2.10. The van der Waals surface area contributed by atoms with Crippen molar-refractivity contribution in [3.05, 3.63) is 27.8 Å². The molecule has 0 radical (unpaired) electrons. The number of carboxylic acids is 1. The number of rotatable bonds is 7. The summed E-state index contributed by atoms with van der Waals surface area (Å²) in [4.78, 5) is 24.1. The van der Waals surface area contributed by atoms with Gasteiger partial charge in [-0.25, -0.2) is 0 Å². The van der Waals surface area contributed by atoms with Crippen LogP contribution in [0.25, 0.3) is 0 Å². The lowest BCUT2D eigenvalue weighted by molar-refractivity contribution is -0.137. The van der Waals surface area contributed by atoms with Crippen LogP contribution in [0.1, 0.15) is 13.3 Å². The molecule has 0 unspecified atom stereocenters. The molecule has 0 heterocycles. The third-order valence-electron chi connectivity index (χ3n) is 2.56. The molecule has 0 fully saturated rings. The number of nitrogens with zero attached hydrogens (tertiary/aromatic N) is 1. The van der Waals surface area contributed by atoms with Gasteiger partial charge < -0.3 is 10.4 Å². The fourth-order valence-corrected chi connectivity index (χ4v) is 2.12. The number of hydrogen-bond acceptors (Lipinski definition) is 3. The first kappa shape index (κ1) is 15.9. The number of carboxylic acid groups (broad SMARTS) is 1. The van der Waals surface area contributed by atoms with Crippen molar-refractivity contribution in [3.8, 4) is 0 Å². The van der Waals surface area contributed by atoms with Crippen molar-refractivity contribution in [2.45, 2.75) is 13.3 Å². The molecule has 5 nitrogen and oxygen atoms in total. The van der Waals surface area contributed by atoms with Crippen LogP contribution in [0, 0.1) is 3.57 Å². The van der Waals surface area contributed by atoms with Gasteiger partial charge in [0.1, 0.15) is 0 Å². The summed E-state index contributed by atoms with van der Waals surface area (Å²) in [7, 11) is 0. The first-order valence-electron chi connectivity index (χ1n) is 6.01. The van der Waals surface area contributed by atoms with Gasteiger partial charge in [0.05, 0.1) is 13.0 Å². The molecule has 6 heteroatoms. The van der Waals surface area contributed by atoms with Crippen molar-refractivity contribution in [1.82, 2.24) is 4.90 Å². The second-order valence-corrected chi connectivity index (χ2v) is 5.32. The third-order valence-corrected chi connectivity index (χ3v) is 3.24. The van der Waals surface area contributed by atoms with Crippen LogP contribution < -0.4 is 5.32 Å². The maximum Gasteiger partial charge on any atom is 0.304 e. The van der Waals surface area contributed by atoms with E-state index in [9.17, 15) is 9.59 Å². The highest BCUT2D eigenvalue weighted by molar-refractivity contribution is 14.1. The van der Waals surface area contributed by atoms with E-state index < -0.39 is 5.97 Å². The number of likely N-dealkylation sites (N-methyl/N-ethyl adjacent to an activating group) is 1. The minimum Gasteiger partial charge on any atom is -0.481 e. The number of aliphatic carboxylic acids is 1. The molecule has 0 saturated carbocycles. The van der Waals surface area contributed by atoms with Gasteiger partial charge in [0.25, 0.3) is 0 Å². The van der Waals surface area contributed by atoms with E-state index in [1.165, 1.54) is 0 Å². The number of carbonyl (C=O) groups excluding carboxylic acids is 1. The first-order chi connectivity index (χ1) is 9.01. The Balaban J connectivity index is 2.46. The summed E-state index contributed by atoms with van der Waals surface area (Å²) in [5, 5.41) is 11.4. The van der Waals surface area contributed by atoms with E-state index >= 15 is 0 Å². The summed E-state index contributed by atoms with van der Waals surface area (Å²) in [6.45, 7) is 3.13. The molecule has 0 aliphatic carbocycles. The summed E-state index contributed by atoms with van der Waals surface area (Å²) in [6.07, 6.45) is 0.0460. The normalized spacial score (nSPS) is 10.5. The van der Waals surface area contributed by atoms with Gasteiger partial charge in [-0.1, -0.05) is 13.0 Å². The van der Waals surface area contributed by atoms with Crippen LogP contribution in [0.15, 0.2) is 24.3 Å². The molecule has 0 spiro atoms. The van der Waals surface area contributed by atoms with Crippen LogP contribution in [-0.2, 0) is 9.59 Å². The molecule has 19 heavy (non-hydrogen) atoms. The maximum atomic E-state index is 11.8. The number of halogens is 1. The summed E-state index contributed by atoms with van der Waals surface area (Å²) in [6, 6.07) is 7.53. The summed E-state index contributed by atoms with van der Waals surface area (Å²) >= 11 is 2.18. The summed E-state index contributed by atoms with van der Waals surface area (Å²) in [5.74, 6) is -0.981. The first-order valence-corrected chi connectivity index (χ1v) is 7.08. The Bertz CT molecular complexity index is 451. The van der Waals surface area contributed by atoms with E-state index in [0.29, 0.717) is 13.1 Å². The molecule has 1 aromatic rings. The lowest BCUT2D eigenvalue weighted by Gasteiger charge is -2.18. The monoisotopic (exact) mass is 376 g/mol. The van der Waals surface area contributed by atoms with E-state index in [4.69, 9.17) is 5.11 Å². The molecule has 0 aromatic heterocycles. The van der Waals surface area contributed by atoms with E-state index in [0.717, 1.165) is 9.26 Å². The zero-order valence-electron chi connectivity index (χ0n) is 10.7.